The highest BCUT2D eigenvalue weighted by molar-refractivity contribution is 5.86. The Morgan fingerprint density at radius 2 is 1.84 bits per heavy atom. The minimum atomic E-state index is -1.23. The monoisotopic (exact) mass is 267 g/mol. The number of carbonyl (C=O) groups is 1. The molecule has 1 aromatic carbocycles. The van der Waals surface area contributed by atoms with E-state index in [1.54, 1.807) is 13.8 Å². The third kappa shape index (κ3) is 2.44. The normalized spacial score (nSPS) is 11.0. The molecule has 0 aliphatic carbocycles. The average molecular weight is 267 g/mol. The second kappa shape index (κ2) is 4.75. The molecule has 1 N–H and O–H groups in total. The van der Waals surface area contributed by atoms with Crippen LogP contribution in [0.5, 0.6) is 0 Å². The van der Waals surface area contributed by atoms with Crippen LogP contribution in [0.2, 0.25) is 0 Å². The molecule has 1 aromatic heterocycles. The number of carboxylic acids is 1. The van der Waals surface area contributed by atoms with Gasteiger partial charge in [-0.05, 0) is 18.1 Å². The summed E-state index contributed by atoms with van der Waals surface area (Å²) in [7, 11) is 0. The van der Waals surface area contributed by atoms with Crippen LogP contribution in [0.4, 0.5) is 8.78 Å². The zero-order valence-corrected chi connectivity index (χ0v) is 10.3. The van der Waals surface area contributed by atoms with Gasteiger partial charge in [0.25, 0.3) is 0 Å². The zero-order chi connectivity index (χ0) is 14.2. The summed E-state index contributed by atoms with van der Waals surface area (Å²) in [4.78, 5) is 11.0. The van der Waals surface area contributed by atoms with Crippen molar-refractivity contribution in [3.8, 4) is 5.69 Å². The molecule has 100 valence electrons. The topological polar surface area (TPSA) is 68.0 Å². The summed E-state index contributed by atoms with van der Waals surface area (Å²) in [6, 6.07) is 2.86. The lowest BCUT2D eigenvalue weighted by atomic mass is 10.1. The van der Waals surface area contributed by atoms with Crippen LogP contribution >= 0.6 is 0 Å². The van der Waals surface area contributed by atoms with E-state index in [1.165, 1.54) is 0 Å². The number of aromatic nitrogens is 3. The zero-order valence-electron chi connectivity index (χ0n) is 10.3. The van der Waals surface area contributed by atoms with E-state index < -0.39 is 17.6 Å². The van der Waals surface area contributed by atoms with Crippen LogP contribution in [0.3, 0.4) is 0 Å². The molecule has 0 atom stereocenters. The van der Waals surface area contributed by atoms with Crippen molar-refractivity contribution in [2.45, 2.75) is 19.8 Å². The molecule has 5 nitrogen and oxygen atoms in total. The molecule has 19 heavy (non-hydrogen) atoms. The van der Waals surface area contributed by atoms with Crippen molar-refractivity contribution in [2.24, 2.45) is 0 Å². The highest BCUT2D eigenvalue weighted by atomic mass is 19.1. The van der Waals surface area contributed by atoms with E-state index in [0.29, 0.717) is 0 Å². The second-order valence-electron chi connectivity index (χ2n) is 4.32. The van der Waals surface area contributed by atoms with Gasteiger partial charge >= 0.3 is 5.97 Å². The van der Waals surface area contributed by atoms with Gasteiger partial charge in [-0.1, -0.05) is 19.1 Å². The van der Waals surface area contributed by atoms with Gasteiger partial charge in [0, 0.05) is 6.07 Å². The first kappa shape index (κ1) is 13.1. The van der Waals surface area contributed by atoms with Gasteiger partial charge in [0.15, 0.2) is 5.69 Å². The van der Waals surface area contributed by atoms with E-state index in [0.717, 1.165) is 22.9 Å². The van der Waals surface area contributed by atoms with Crippen molar-refractivity contribution >= 4 is 5.97 Å². The molecular weight excluding hydrogens is 256 g/mol. The number of hydrogen-bond acceptors (Lipinski definition) is 3. The first-order valence-electron chi connectivity index (χ1n) is 5.55. The third-order valence-electron chi connectivity index (χ3n) is 2.55. The van der Waals surface area contributed by atoms with E-state index in [-0.39, 0.29) is 23.0 Å². The smallest absolute Gasteiger partial charge is 0.358 e. The molecule has 0 amide bonds. The lowest BCUT2D eigenvalue weighted by Crippen LogP contribution is -2.09. The molecule has 0 bridgehead atoms. The van der Waals surface area contributed by atoms with Crippen molar-refractivity contribution in [3.05, 3.63) is 41.2 Å². The van der Waals surface area contributed by atoms with Gasteiger partial charge in [-0.2, -0.15) is 0 Å². The largest absolute Gasteiger partial charge is 0.476 e. The lowest BCUT2D eigenvalue weighted by molar-refractivity contribution is 0.0688. The van der Waals surface area contributed by atoms with Gasteiger partial charge < -0.3 is 5.11 Å². The van der Waals surface area contributed by atoms with Crippen LogP contribution in [0.25, 0.3) is 5.69 Å². The predicted octanol–water partition coefficient (Wildman–Crippen LogP) is 2.37. The Morgan fingerprint density at radius 1 is 1.26 bits per heavy atom. The lowest BCUT2D eigenvalue weighted by Gasteiger charge is -2.10. The summed E-state index contributed by atoms with van der Waals surface area (Å²) in [6.07, 6.45) is 0. The van der Waals surface area contributed by atoms with E-state index >= 15 is 0 Å². The fourth-order valence-electron chi connectivity index (χ4n) is 1.81. The molecule has 0 spiro atoms. The molecule has 1 heterocycles. The number of rotatable bonds is 3. The van der Waals surface area contributed by atoms with Crippen molar-refractivity contribution in [1.29, 1.82) is 0 Å². The summed E-state index contributed by atoms with van der Waals surface area (Å²) in [6.45, 7) is 3.49. The quantitative estimate of drug-likeness (QED) is 0.927. The van der Waals surface area contributed by atoms with Crippen molar-refractivity contribution in [2.75, 3.05) is 0 Å². The van der Waals surface area contributed by atoms with Crippen LogP contribution < -0.4 is 0 Å². The van der Waals surface area contributed by atoms with Crippen LogP contribution in [0, 0.1) is 11.6 Å². The third-order valence-corrected chi connectivity index (χ3v) is 2.55. The maximum absolute atomic E-state index is 13.2. The maximum Gasteiger partial charge on any atom is 0.358 e. The summed E-state index contributed by atoms with van der Waals surface area (Å²) in [5.41, 5.74) is 0.165. The summed E-state index contributed by atoms with van der Waals surface area (Å²) in [5, 5.41) is 16.2. The number of nitrogens with zero attached hydrogens (tertiary/aromatic N) is 3. The second-order valence-corrected chi connectivity index (χ2v) is 4.32. The van der Waals surface area contributed by atoms with Crippen LogP contribution in [0.1, 0.15) is 35.9 Å². The Bertz CT molecular complexity index is 618. The number of benzene rings is 1. The Hall–Kier alpha value is -2.31. The van der Waals surface area contributed by atoms with Gasteiger partial charge in [-0.3, -0.25) is 0 Å². The van der Waals surface area contributed by atoms with E-state index in [4.69, 9.17) is 5.11 Å². The Kier molecular flexibility index (Phi) is 3.28. The molecule has 0 saturated heterocycles. The summed E-state index contributed by atoms with van der Waals surface area (Å²) in [5.74, 6) is -2.98. The molecule has 2 rings (SSSR count). The highest BCUT2D eigenvalue weighted by Crippen LogP contribution is 2.22. The minimum Gasteiger partial charge on any atom is -0.476 e. The Labute approximate surface area is 107 Å². The van der Waals surface area contributed by atoms with Gasteiger partial charge in [-0.15, -0.1) is 5.10 Å². The fraction of sp³-hybridized carbons (Fsp3) is 0.250. The van der Waals surface area contributed by atoms with Crippen LogP contribution in [-0.4, -0.2) is 26.1 Å². The minimum absolute atomic E-state index is 0.0983. The maximum atomic E-state index is 13.2. The predicted molar refractivity (Wildman–Crippen MR) is 62.3 cm³/mol. The number of carboxylic acid groups (broad SMARTS) is 1. The molecule has 0 aliphatic rings. The summed E-state index contributed by atoms with van der Waals surface area (Å²) < 4.78 is 27.5. The fourth-order valence-corrected chi connectivity index (χ4v) is 1.81. The number of halogens is 2. The highest BCUT2D eigenvalue weighted by Gasteiger charge is 2.22. The van der Waals surface area contributed by atoms with Gasteiger partial charge in [-0.25, -0.2) is 18.3 Å². The first-order chi connectivity index (χ1) is 8.90. The number of aromatic carboxylic acids is 1. The van der Waals surface area contributed by atoms with Crippen LogP contribution in [0.15, 0.2) is 18.2 Å². The van der Waals surface area contributed by atoms with Gasteiger partial charge in [0.2, 0.25) is 0 Å². The van der Waals surface area contributed by atoms with E-state index in [1.807, 2.05) is 0 Å². The summed E-state index contributed by atoms with van der Waals surface area (Å²) >= 11 is 0. The van der Waals surface area contributed by atoms with Gasteiger partial charge in [0.05, 0.1) is 11.4 Å². The van der Waals surface area contributed by atoms with E-state index in [2.05, 4.69) is 10.3 Å². The Morgan fingerprint density at radius 3 is 2.32 bits per heavy atom. The molecule has 0 unspecified atom stereocenters. The van der Waals surface area contributed by atoms with Crippen molar-refractivity contribution in [3.63, 3.8) is 0 Å². The van der Waals surface area contributed by atoms with Crippen molar-refractivity contribution < 1.29 is 18.7 Å². The SMILES string of the molecule is CC(C)c1c(C(=O)O)nnn1-c1cc(F)cc(F)c1. The molecular formula is C12H11F2N3O2. The number of hydrogen-bond donors (Lipinski definition) is 1. The average Bonchev–Trinajstić information content (AvgIpc) is 2.71. The Balaban J connectivity index is 2.65. The molecule has 0 aliphatic heterocycles. The molecule has 7 heteroatoms. The standard InChI is InChI=1S/C12H11F2N3O2/c1-6(2)11-10(12(18)19)15-16-17(11)9-4-7(13)3-8(14)5-9/h3-6H,1-2H3,(H,18,19). The molecule has 0 radical (unpaired) electrons. The van der Waals surface area contributed by atoms with Crippen LogP contribution in [-0.2, 0) is 0 Å². The molecule has 0 saturated carbocycles. The van der Waals surface area contributed by atoms with Gasteiger partial charge in [0.1, 0.15) is 11.6 Å². The first-order valence-corrected chi connectivity index (χ1v) is 5.55. The molecule has 2 aromatic rings. The van der Waals surface area contributed by atoms with E-state index in [9.17, 15) is 13.6 Å². The van der Waals surface area contributed by atoms with Crippen molar-refractivity contribution in [1.82, 2.24) is 15.0 Å². The molecule has 0 fully saturated rings.